The van der Waals surface area contributed by atoms with Gasteiger partial charge >= 0.3 is 0 Å². The Balaban J connectivity index is 1.60. The van der Waals surface area contributed by atoms with Crippen LogP contribution in [0.2, 0.25) is 0 Å². The standard InChI is InChI=1S/C20H21N3O4/c1-25-16-5-3-6-17(26-2)14(16)12-23-9-8-15-13(11-23)20(24)22-19(21-15)18-7-4-10-27-18/h3-7,10H,8-9,11-12H2,1-2H3,(H,21,22,24). The normalized spacial score (nSPS) is 14.0. The van der Waals surface area contributed by atoms with Crippen LogP contribution < -0.4 is 15.0 Å². The summed E-state index contributed by atoms with van der Waals surface area (Å²) in [5, 5.41) is 0. The number of hydrogen-bond acceptors (Lipinski definition) is 6. The van der Waals surface area contributed by atoms with E-state index in [-0.39, 0.29) is 5.56 Å². The van der Waals surface area contributed by atoms with E-state index in [1.807, 2.05) is 18.2 Å². The third-order valence-electron chi connectivity index (χ3n) is 4.81. The van der Waals surface area contributed by atoms with Crippen molar-refractivity contribution in [2.24, 2.45) is 0 Å². The van der Waals surface area contributed by atoms with E-state index in [2.05, 4.69) is 14.9 Å². The Kier molecular flexibility index (Phi) is 4.68. The Morgan fingerprint density at radius 3 is 2.63 bits per heavy atom. The lowest BCUT2D eigenvalue weighted by Gasteiger charge is -2.28. The molecule has 0 unspecified atom stereocenters. The van der Waals surface area contributed by atoms with Crippen LogP contribution in [-0.4, -0.2) is 35.6 Å². The molecule has 0 spiro atoms. The number of rotatable bonds is 5. The molecule has 1 aromatic carbocycles. The highest BCUT2D eigenvalue weighted by Crippen LogP contribution is 2.31. The molecular formula is C20H21N3O4. The lowest BCUT2D eigenvalue weighted by molar-refractivity contribution is 0.234. The lowest BCUT2D eigenvalue weighted by Crippen LogP contribution is -2.35. The van der Waals surface area contributed by atoms with Gasteiger partial charge in [-0.15, -0.1) is 0 Å². The maximum Gasteiger partial charge on any atom is 0.256 e. The largest absolute Gasteiger partial charge is 0.496 e. The van der Waals surface area contributed by atoms with E-state index in [4.69, 9.17) is 13.9 Å². The Hall–Kier alpha value is -3.06. The monoisotopic (exact) mass is 367 g/mol. The molecule has 1 N–H and O–H groups in total. The first kappa shape index (κ1) is 17.4. The van der Waals surface area contributed by atoms with Gasteiger partial charge in [-0.05, 0) is 24.3 Å². The zero-order valence-corrected chi connectivity index (χ0v) is 15.3. The molecule has 7 nitrogen and oxygen atoms in total. The Morgan fingerprint density at radius 2 is 1.96 bits per heavy atom. The zero-order chi connectivity index (χ0) is 18.8. The highest BCUT2D eigenvalue weighted by molar-refractivity contribution is 5.47. The van der Waals surface area contributed by atoms with Crippen molar-refractivity contribution in [3.8, 4) is 23.1 Å². The summed E-state index contributed by atoms with van der Waals surface area (Å²) >= 11 is 0. The van der Waals surface area contributed by atoms with Gasteiger partial charge in [-0.1, -0.05) is 6.07 Å². The molecule has 7 heteroatoms. The summed E-state index contributed by atoms with van der Waals surface area (Å²) in [6.07, 6.45) is 2.27. The lowest BCUT2D eigenvalue weighted by atomic mass is 10.0. The quantitative estimate of drug-likeness (QED) is 0.747. The average molecular weight is 367 g/mol. The van der Waals surface area contributed by atoms with Crippen LogP contribution in [-0.2, 0) is 19.5 Å². The smallest absolute Gasteiger partial charge is 0.256 e. The number of benzene rings is 1. The van der Waals surface area contributed by atoms with Gasteiger partial charge < -0.3 is 18.9 Å². The van der Waals surface area contributed by atoms with Crippen LogP contribution in [0, 0.1) is 0 Å². The molecule has 3 aromatic rings. The summed E-state index contributed by atoms with van der Waals surface area (Å²) in [4.78, 5) is 22.2. The van der Waals surface area contributed by atoms with Crippen LogP contribution in [0.4, 0.5) is 0 Å². The van der Waals surface area contributed by atoms with Crippen molar-refractivity contribution in [3.63, 3.8) is 0 Å². The second kappa shape index (κ2) is 7.28. The fourth-order valence-electron chi connectivity index (χ4n) is 3.45. The number of ether oxygens (including phenoxy) is 2. The van der Waals surface area contributed by atoms with Crippen molar-refractivity contribution in [1.29, 1.82) is 0 Å². The summed E-state index contributed by atoms with van der Waals surface area (Å²) in [6, 6.07) is 9.29. The number of fused-ring (bicyclic) bond motifs is 1. The molecule has 27 heavy (non-hydrogen) atoms. The van der Waals surface area contributed by atoms with E-state index in [9.17, 15) is 4.79 Å². The number of hydrogen-bond donors (Lipinski definition) is 1. The molecule has 0 saturated heterocycles. The molecule has 1 aliphatic rings. The molecule has 0 aliphatic carbocycles. The first-order valence-corrected chi connectivity index (χ1v) is 8.77. The summed E-state index contributed by atoms with van der Waals surface area (Å²) in [5.74, 6) is 2.60. The van der Waals surface area contributed by atoms with Crippen molar-refractivity contribution in [2.75, 3.05) is 20.8 Å². The maximum absolute atomic E-state index is 12.6. The van der Waals surface area contributed by atoms with E-state index < -0.39 is 0 Å². The molecule has 0 atom stereocenters. The van der Waals surface area contributed by atoms with Crippen LogP contribution in [0.5, 0.6) is 11.5 Å². The van der Waals surface area contributed by atoms with E-state index in [1.54, 1.807) is 32.6 Å². The number of methoxy groups -OCH3 is 2. The van der Waals surface area contributed by atoms with Gasteiger partial charge in [0.1, 0.15) is 11.5 Å². The highest BCUT2D eigenvalue weighted by Gasteiger charge is 2.24. The molecule has 2 aromatic heterocycles. The predicted octanol–water partition coefficient (Wildman–Crippen LogP) is 2.61. The van der Waals surface area contributed by atoms with Gasteiger partial charge in [-0.2, -0.15) is 0 Å². The minimum atomic E-state index is -0.122. The number of aromatic amines is 1. The van der Waals surface area contributed by atoms with Crippen molar-refractivity contribution in [3.05, 3.63) is 63.8 Å². The molecule has 0 fully saturated rings. The van der Waals surface area contributed by atoms with Gasteiger partial charge in [0.25, 0.3) is 5.56 Å². The molecule has 0 amide bonds. The second-order valence-corrected chi connectivity index (χ2v) is 6.42. The molecule has 140 valence electrons. The van der Waals surface area contributed by atoms with Crippen LogP contribution >= 0.6 is 0 Å². The summed E-state index contributed by atoms with van der Waals surface area (Å²) in [7, 11) is 3.29. The zero-order valence-electron chi connectivity index (χ0n) is 15.3. The van der Waals surface area contributed by atoms with Gasteiger partial charge in [-0.3, -0.25) is 9.69 Å². The molecule has 0 bridgehead atoms. The first-order chi connectivity index (χ1) is 13.2. The van der Waals surface area contributed by atoms with Crippen LogP contribution in [0.15, 0.2) is 45.8 Å². The molecular weight excluding hydrogens is 346 g/mol. The van der Waals surface area contributed by atoms with Crippen LogP contribution in [0.3, 0.4) is 0 Å². The molecule has 1 aliphatic heterocycles. The van der Waals surface area contributed by atoms with Crippen molar-refractivity contribution < 1.29 is 13.9 Å². The van der Waals surface area contributed by atoms with Crippen molar-refractivity contribution >= 4 is 0 Å². The van der Waals surface area contributed by atoms with E-state index in [1.165, 1.54) is 0 Å². The average Bonchev–Trinajstić information content (AvgIpc) is 3.23. The van der Waals surface area contributed by atoms with Gasteiger partial charge in [0.2, 0.25) is 0 Å². The first-order valence-electron chi connectivity index (χ1n) is 8.77. The number of furan rings is 1. The SMILES string of the molecule is COc1cccc(OC)c1CN1CCc2nc(-c3ccco3)[nH]c(=O)c2C1. The van der Waals surface area contributed by atoms with Gasteiger partial charge in [0.15, 0.2) is 11.6 Å². The van der Waals surface area contributed by atoms with E-state index in [0.717, 1.165) is 29.3 Å². The maximum atomic E-state index is 12.6. The van der Waals surface area contributed by atoms with Gasteiger partial charge in [-0.25, -0.2) is 4.98 Å². The Morgan fingerprint density at radius 1 is 1.19 bits per heavy atom. The Bertz CT molecular complexity index is 973. The van der Waals surface area contributed by atoms with Gasteiger partial charge in [0.05, 0.1) is 37.3 Å². The van der Waals surface area contributed by atoms with Crippen LogP contribution in [0.1, 0.15) is 16.8 Å². The Labute approximate surface area is 156 Å². The van der Waals surface area contributed by atoms with E-state index in [0.29, 0.717) is 36.7 Å². The van der Waals surface area contributed by atoms with Crippen molar-refractivity contribution in [2.45, 2.75) is 19.5 Å². The molecule has 3 heterocycles. The molecule has 0 saturated carbocycles. The number of nitrogens with zero attached hydrogens (tertiary/aromatic N) is 2. The van der Waals surface area contributed by atoms with Crippen molar-refractivity contribution in [1.82, 2.24) is 14.9 Å². The topological polar surface area (TPSA) is 80.6 Å². The third kappa shape index (κ3) is 3.33. The number of nitrogens with one attached hydrogen (secondary N) is 1. The second-order valence-electron chi connectivity index (χ2n) is 6.42. The van der Waals surface area contributed by atoms with E-state index >= 15 is 0 Å². The van der Waals surface area contributed by atoms with Crippen LogP contribution in [0.25, 0.3) is 11.6 Å². The summed E-state index contributed by atoms with van der Waals surface area (Å²) in [6.45, 7) is 1.95. The minimum Gasteiger partial charge on any atom is -0.496 e. The fourth-order valence-corrected chi connectivity index (χ4v) is 3.45. The summed E-state index contributed by atoms with van der Waals surface area (Å²) in [5.41, 5.74) is 2.38. The molecule has 0 radical (unpaired) electrons. The number of aromatic nitrogens is 2. The minimum absolute atomic E-state index is 0.122. The fraction of sp³-hybridized carbons (Fsp3) is 0.300. The predicted molar refractivity (Wildman–Crippen MR) is 99.9 cm³/mol. The van der Waals surface area contributed by atoms with Gasteiger partial charge in [0, 0.05) is 26.1 Å². The third-order valence-corrected chi connectivity index (χ3v) is 4.81. The molecule has 4 rings (SSSR count). The summed E-state index contributed by atoms with van der Waals surface area (Å²) < 4.78 is 16.3. The number of H-pyrrole nitrogens is 1. The highest BCUT2D eigenvalue weighted by atomic mass is 16.5.